The van der Waals surface area contributed by atoms with Gasteiger partial charge >= 0.3 is 0 Å². The van der Waals surface area contributed by atoms with Crippen LogP contribution >= 0.6 is 11.3 Å². The van der Waals surface area contributed by atoms with Crippen molar-refractivity contribution < 1.29 is 30.0 Å². The van der Waals surface area contributed by atoms with Crippen LogP contribution in [0, 0.1) is 24.8 Å². The molecule has 2 aromatic carbocycles. The van der Waals surface area contributed by atoms with Crippen LogP contribution in [0.15, 0.2) is 54.6 Å². The number of aliphatic hydroxyl groups excluding tert-OH is 1. The molecule has 40 heavy (non-hydrogen) atoms. The molecule has 2 aromatic heterocycles. The maximum atomic E-state index is 11.7. The SMILES string of the molecule is CCC(CC)C(=O)/C=C(\O)C(CC)CC.Cc1c([Si](C)(C)C)sc2c(-c3[c-]c4ccccc4cc3)ncnc12.[Ir]. The van der Waals surface area contributed by atoms with E-state index in [2.05, 4.69) is 79.0 Å². The second-order valence-electron chi connectivity index (χ2n) is 11.2. The summed E-state index contributed by atoms with van der Waals surface area (Å²) in [6, 6.07) is 16.1. The Balaban J connectivity index is 0.000000307. The smallest absolute Gasteiger partial charge is 0.162 e. The summed E-state index contributed by atoms with van der Waals surface area (Å²) < 4.78 is 2.71. The number of aliphatic hydroxyl groups is 1. The Hall–Kier alpha value is -2.18. The summed E-state index contributed by atoms with van der Waals surface area (Å²) >= 11 is 1.87. The minimum Gasteiger partial charge on any atom is -0.512 e. The van der Waals surface area contributed by atoms with Crippen LogP contribution in [0.4, 0.5) is 0 Å². The van der Waals surface area contributed by atoms with Crippen LogP contribution in [-0.4, -0.2) is 28.9 Å². The van der Waals surface area contributed by atoms with Gasteiger partial charge in [-0.05, 0) is 42.7 Å². The first-order valence-corrected chi connectivity index (χ1v) is 18.5. The number of carbonyl (C=O) groups excluding carboxylic acids is 1. The zero-order valence-electron chi connectivity index (χ0n) is 25.1. The number of nitrogens with zero attached hydrogens (tertiary/aromatic N) is 2. The normalized spacial score (nSPS) is 12.0. The van der Waals surface area contributed by atoms with Gasteiger partial charge in [-0.15, -0.1) is 41.0 Å². The fraction of sp³-hybridized carbons (Fsp3) is 0.424. The van der Waals surface area contributed by atoms with E-state index in [4.69, 9.17) is 0 Å². The molecular weight excluding hydrogens is 709 g/mol. The van der Waals surface area contributed by atoms with E-state index in [0.717, 1.165) is 47.8 Å². The molecule has 0 saturated heterocycles. The summed E-state index contributed by atoms with van der Waals surface area (Å²) in [5, 5.41) is 12.1. The Morgan fingerprint density at radius 1 is 0.975 bits per heavy atom. The number of benzene rings is 2. The Labute approximate surface area is 258 Å². The number of hydrogen-bond acceptors (Lipinski definition) is 5. The van der Waals surface area contributed by atoms with Crippen molar-refractivity contribution in [1.82, 2.24) is 9.97 Å². The van der Waals surface area contributed by atoms with Gasteiger partial charge in [0.15, 0.2) is 5.78 Å². The van der Waals surface area contributed by atoms with Gasteiger partial charge in [-0.3, -0.25) is 9.78 Å². The van der Waals surface area contributed by atoms with E-state index in [1.54, 1.807) is 6.33 Å². The number of carbonyl (C=O) groups is 1. The summed E-state index contributed by atoms with van der Waals surface area (Å²) in [6.45, 7) is 17.4. The first-order chi connectivity index (χ1) is 18.5. The molecular formula is C33H43IrN2O2SSi-. The van der Waals surface area contributed by atoms with Crippen molar-refractivity contribution in [2.24, 2.45) is 11.8 Å². The molecule has 0 unspecified atom stereocenters. The van der Waals surface area contributed by atoms with Crippen LogP contribution in [0.25, 0.3) is 32.2 Å². The van der Waals surface area contributed by atoms with E-state index in [9.17, 15) is 9.90 Å². The molecule has 4 nitrogen and oxygen atoms in total. The van der Waals surface area contributed by atoms with E-state index in [0.29, 0.717) is 0 Å². The molecule has 4 aromatic rings. The first kappa shape index (κ1) is 34.0. The van der Waals surface area contributed by atoms with Crippen LogP contribution in [0.1, 0.15) is 58.9 Å². The third-order valence-electron chi connectivity index (χ3n) is 7.38. The van der Waals surface area contributed by atoms with Gasteiger partial charge in [0.05, 0.1) is 19.3 Å². The molecule has 0 aliphatic rings. The molecule has 0 amide bonds. The van der Waals surface area contributed by atoms with E-state index in [-0.39, 0.29) is 43.5 Å². The number of aryl methyl sites for hydroxylation is 1. The average molecular weight is 752 g/mol. The molecule has 0 fully saturated rings. The molecule has 0 spiro atoms. The quantitative estimate of drug-likeness (QED) is 0.0803. The minimum atomic E-state index is -1.39. The molecule has 4 rings (SSSR count). The number of hydrogen-bond donors (Lipinski definition) is 1. The summed E-state index contributed by atoms with van der Waals surface area (Å²) in [4.78, 5) is 20.9. The van der Waals surface area contributed by atoms with Crippen molar-refractivity contribution >= 4 is 50.7 Å². The molecule has 0 atom stereocenters. The summed E-state index contributed by atoms with van der Waals surface area (Å²) in [5.74, 6) is 0.547. The summed E-state index contributed by atoms with van der Waals surface area (Å²) in [7, 11) is -1.39. The van der Waals surface area contributed by atoms with Crippen molar-refractivity contribution in [2.45, 2.75) is 79.9 Å². The molecule has 1 radical (unpaired) electrons. The summed E-state index contributed by atoms with van der Waals surface area (Å²) in [5.41, 5.74) is 4.48. The fourth-order valence-electron chi connectivity index (χ4n) is 4.96. The maximum Gasteiger partial charge on any atom is 0.162 e. The van der Waals surface area contributed by atoms with Crippen LogP contribution in [0.5, 0.6) is 0 Å². The van der Waals surface area contributed by atoms with Gasteiger partial charge in [-0.1, -0.05) is 76.5 Å². The number of aromatic nitrogens is 2. The molecule has 0 aliphatic carbocycles. The predicted molar refractivity (Wildman–Crippen MR) is 171 cm³/mol. The molecule has 1 N–H and O–H groups in total. The number of fused-ring (bicyclic) bond motifs is 2. The number of thiophene rings is 1. The largest absolute Gasteiger partial charge is 0.512 e. The Kier molecular flexibility index (Phi) is 12.9. The number of allylic oxidation sites excluding steroid dienone is 2. The average Bonchev–Trinajstić information content (AvgIpc) is 3.27. The number of rotatable bonds is 9. The Morgan fingerprint density at radius 3 is 2.20 bits per heavy atom. The van der Waals surface area contributed by atoms with Crippen molar-refractivity contribution in [2.75, 3.05) is 0 Å². The molecule has 0 bridgehead atoms. The van der Waals surface area contributed by atoms with E-state index >= 15 is 0 Å². The molecule has 0 saturated carbocycles. The van der Waals surface area contributed by atoms with Gasteiger partial charge in [0, 0.05) is 48.4 Å². The molecule has 7 heteroatoms. The van der Waals surface area contributed by atoms with Crippen LogP contribution < -0.4 is 4.50 Å². The van der Waals surface area contributed by atoms with Crippen LogP contribution in [0.3, 0.4) is 0 Å². The molecule has 0 aliphatic heterocycles. The van der Waals surface area contributed by atoms with Crippen LogP contribution in [-0.2, 0) is 24.9 Å². The standard InChI is InChI=1S/C20H19N2SSi.C13H24O2.Ir/c1-13-17-19(23-20(13)24(2,3)4)18(22-12-21-17)16-10-9-14-7-5-6-8-15(14)11-16;1-5-10(6-2)12(14)9-13(15)11(7-3)8-4;/h5-10,12H,1-4H3;9-11,14H,5-8H2,1-4H3;/q-1;;/b;12-9-;. The molecule has 2 heterocycles. The van der Waals surface area contributed by atoms with Crippen molar-refractivity contribution in [1.29, 1.82) is 0 Å². The van der Waals surface area contributed by atoms with Crippen molar-refractivity contribution in [3.63, 3.8) is 0 Å². The minimum absolute atomic E-state index is 0. The van der Waals surface area contributed by atoms with Gasteiger partial charge in [-0.2, -0.15) is 0 Å². The van der Waals surface area contributed by atoms with Crippen molar-refractivity contribution in [3.8, 4) is 11.3 Å². The Bertz CT molecular complexity index is 1450. The maximum absolute atomic E-state index is 11.7. The summed E-state index contributed by atoms with van der Waals surface area (Å²) in [6.07, 6.45) is 6.60. The van der Waals surface area contributed by atoms with E-state index in [1.807, 2.05) is 39.0 Å². The topological polar surface area (TPSA) is 63.1 Å². The van der Waals surface area contributed by atoms with E-state index < -0.39 is 8.07 Å². The van der Waals surface area contributed by atoms with Gasteiger partial charge in [0.2, 0.25) is 0 Å². The van der Waals surface area contributed by atoms with Gasteiger partial charge < -0.3 is 5.11 Å². The van der Waals surface area contributed by atoms with Gasteiger partial charge in [-0.25, -0.2) is 4.98 Å². The zero-order chi connectivity index (χ0) is 28.7. The zero-order valence-corrected chi connectivity index (χ0v) is 29.3. The predicted octanol–water partition coefficient (Wildman–Crippen LogP) is 9.03. The Morgan fingerprint density at radius 2 is 1.60 bits per heavy atom. The van der Waals surface area contributed by atoms with Crippen LogP contribution in [0.2, 0.25) is 19.6 Å². The third-order valence-corrected chi connectivity index (χ3v) is 12.4. The van der Waals surface area contributed by atoms with E-state index in [1.165, 1.54) is 26.2 Å². The fourth-order valence-corrected chi connectivity index (χ4v) is 8.75. The number of ketones is 1. The second-order valence-corrected chi connectivity index (χ2v) is 17.5. The second kappa shape index (κ2) is 15.2. The monoisotopic (exact) mass is 752 g/mol. The third kappa shape index (κ3) is 7.97. The van der Waals surface area contributed by atoms with Crippen molar-refractivity contribution in [3.05, 3.63) is 66.2 Å². The van der Waals surface area contributed by atoms with Gasteiger partial charge in [0.1, 0.15) is 6.33 Å². The molecule has 217 valence electrons. The van der Waals surface area contributed by atoms with Gasteiger partial charge in [0.25, 0.3) is 0 Å². The first-order valence-electron chi connectivity index (χ1n) is 14.2.